The van der Waals surface area contributed by atoms with E-state index in [2.05, 4.69) is 29.8 Å². The molecule has 0 saturated heterocycles. The molecule has 0 aliphatic heterocycles. The van der Waals surface area contributed by atoms with Crippen molar-refractivity contribution in [2.24, 2.45) is 0 Å². The van der Waals surface area contributed by atoms with Crippen molar-refractivity contribution in [1.29, 1.82) is 0 Å². The van der Waals surface area contributed by atoms with E-state index < -0.39 is 11.9 Å². The molecule has 4 nitrogen and oxygen atoms in total. The van der Waals surface area contributed by atoms with Gasteiger partial charge in [-0.1, -0.05) is 68.3 Å². The SMILES string of the molecule is CCCCCCOC(=O)c1cc(Br)cc(C(=O)OCCCCCC)c1. The van der Waals surface area contributed by atoms with Crippen LogP contribution in [0.15, 0.2) is 22.7 Å². The molecule has 0 fully saturated rings. The minimum atomic E-state index is -0.408. The lowest BCUT2D eigenvalue weighted by molar-refractivity contribution is 0.0496. The number of carbonyl (C=O) groups is 2. The van der Waals surface area contributed by atoms with Crippen LogP contribution in [0.1, 0.15) is 85.9 Å². The van der Waals surface area contributed by atoms with Crippen LogP contribution >= 0.6 is 15.9 Å². The lowest BCUT2D eigenvalue weighted by Crippen LogP contribution is -2.10. The molecule has 0 heterocycles. The van der Waals surface area contributed by atoms with Crippen LogP contribution in [0, 0.1) is 0 Å². The molecule has 0 atom stereocenters. The fraction of sp³-hybridized carbons (Fsp3) is 0.600. The highest BCUT2D eigenvalue weighted by atomic mass is 79.9. The topological polar surface area (TPSA) is 52.6 Å². The summed E-state index contributed by atoms with van der Waals surface area (Å²) in [5, 5.41) is 0. The van der Waals surface area contributed by atoms with Gasteiger partial charge in [0.05, 0.1) is 24.3 Å². The number of hydrogen-bond donors (Lipinski definition) is 0. The first-order valence-corrected chi connectivity index (χ1v) is 10.0. The van der Waals surface area contributed by atoms with Crippen molar-refractivity contribution in [2.75, 3.05) is 13.2 Å². The van der Waals surface area contributed by atoms with Crippen molar-refractivity contribution >= 4 is 27.9 Å². The lowest BCUT2D eigenvalue weighted by Gasteiger charge is -2.08. The summed E-state index contributed by atoms with van der Waals surface area (Å²) < 4.78 is 11.2. The lowest BCUT2D eigenvalue weighted by atomic mass is 10.1. The number of ether oxygens (including phenoxy) is 2. The highest BCUT2D eigenvalue weighted by Crippen LogP contribution is 2.18. The monoisotopic (exact) mass is 412 g/mol. The smallest absolute Gasteiger partial charge is 0.338 e. The zero-order valence-electron chi connectivity index (χ0n) is 15.3. The van der Waals surface area contributed by atoms with E-state index in [1.807, 2.05) is 0 Å². The Morgan fingerprint density at radius 1 is 0.760 bits per heavy atom. The van der Waals surface area contributed by atoms with E-state index in [1.165, 1.54) is 6.07 Å². The Morgan fingerprint density at radius 3 is 1.60 bits per heavy atom. The molecule has 0 aliphatic rings. The Bertz CT molecular complexity index is 498. The second kappa shape index (κ2) is 12.9. The molecule has 1 rings (SSSR count). The molecular weight excluding hydrogens is 384 g/mol. The summed E-state index contributed by atoms with van der Waals surface area (Å²) in [6.07, 6.45) is 8.40. The molecule has 0 unspecified atom stereocenters. The van der Waals surface area contributed by atoms with Crippen molar-refractivity contribution in [3.63, 3.8) is 0 Å². The summed E-state index contributed by atoms with van der Waals surface area (Å²) in [6.45, 7) is 5.08. The van der Waals surface area contributed by atoms with Gasteiger partial charge in [-0.15, -0.1) is 0 Å². The maximum Gasteiger partial charge on any atom is 0.338 e. The van der Waals surface area contributed by atoms with Gasteiger partial charge in [-0.2, -0.15) is 0 Å². The van der Waals surface area contributed by atoms with E-state index >= 15 is 0 Å². The van der Waals surface area contributed by atoms with Gasteiger partial charge in [0.2, 0.25) is 0 Å². The van der Waals surface area contributed by atoms with E-state index in [9.17, 15) is 9.59 Å². The van der Waals surface area contributed by atoms with Gasteiger partial charge in [-0.3, -0.25) is 0 Å². The predicted octanol–water partition coefficient (Wildman–Crippen LogP) is 5.92. The van der Waals surface area contributed by atoms with Crippen LogP contribution < -0.4 is 0 Å². The third kappa shape index (κ3) is 9.05. The second-order valence-corrected chi connectivity index (χ2v) is 7.04. The minimum absolute atomic E-state index is 0.364. The molecule has 0 N–H and O–H groups in total. The minimum Gasteiger partial charge on any atom is -0.462 e. The van der Waals surface area contributed by atoms with Crippen molar-refractivity contribution in [2.45, 2.75) is 65.2 Å². The zero-order valence-corrected chi connectivity index (χ0v) is 16.9. The van der Waals surface area contributed by atoms with Gasteiger partial charge in [0.1, 0.15) is 0 Å². The van der Waals surface area contributed by atoms with Gasteiger partial charge in [0.15, 0.2) is 0 Å². The third-order valence-electron chi connectivity index (χ3n) is 3.83. The van der Waals surface area contributed by atoms with Gasteiger partial charge >= 0.3 is 11.9 Å². The summed E-state index contributed by atoms with van der Waals surface area (Å²) in [7, 11) is 0. The Balaban J connectivity index is 2.53. The maximum absolute atomic E-state index is 12.1. The molecule has 1 aromatic carbocycles. The zero-order chi connectivity index (χ0) is 18.5. The molecule has 5 heteroatoms. The molecule has 0 spiro atoms. The van der Waals surface area contributed by atoms with Crippen LogP contribution in [0.4, 0.5) is 0 Å². The molecule has 0 bridgehead atoms. The van der Waals surface area contributed by atoms with Crippen molar-refractivity contribution in [3.05, 3.63) is 33.8 Å². The van der Waals surface area contributed by atoms with Gasteiger partial charge in [-0.05, 0) is 31.0 Å². The molecule has 0 saturated carbocycles. The Hall–Kier alpha value is -1.36. The van der Waals surface area contributed by atoms with Gasteiger partial charge in [-0.25, -0.2) is 9.59 Å². The molecule has 140 valence electrons. The Morgan fingerprint density at radius 2 is 1.20 bits per heavy atom. The molecule has 25 heavy (non-hydrogen) atoms. The number of esters is 2. The number of carbonyl (C=O) groups excluding carboxylic acids is 2. The van der Waals surface area contributed by atoms with Crippen LogP contribution in [-0.4, -0.2) is 25.2 Å². The van der Waals surface area contributed by atoms with E-state index in [0.29, 0.717) is 28.8 Å². The fourth-order valence-electron chi connectivity index (χ4n) is 2.38. The largest absolute Gasteiger partial charge is 0.462 e. The highest BCUT2D eigenvalue weighted by molar-refractivity contribution is 9.10. The average molecular weight is 413 g/mol. The first kappa shape index (κ1) is 21.7. The summed E-state index contributed by atoms with van der Waals surface area (Å²) in [5.41, 5.74) is 0.727. The Kier molecular flexibility index (Phi) is 11.2. The molecular formula is C20H29BrO4. The molecule has 1 aromatic rings. The average Bonchev–Trinajstić information content (AvgIpc) is 2.60. The van der Waals surface area contributed by atoms with Crippen molar-refractivity contribution in [3.8, 4) is 0 Å². The summed E-state index contributed by atoms with van der Waals surface area (Å²) in [6, 6.07) is 4.85. The van der Waals surface area contributed by atoms with Gasteiger partial charge in [0, 0.05) is 4.47 Å². The summed E-state index contributed by atoms with van der Waals surface area (Å²) >= 11 is 3.34. The Labute approximate surface area is 159 Å². The number of unbranched alkanes of at least 4 members (excludes halogenated alkanes) is 6. The van der Waals surface area contributed by atoms with E-state index in [-0.39, 0.29) is 0 Å². The standard InChI is InChI=1S/C20H29BrO4/c1-3-5-7-9-11-24-19(22)16-13-17(15-18(21)14-16)20(23)25-12-10-8-6-4-2/h13-15H,3-12H2,1-2H3. The van der Waals surface area contributed by atoms with E-state index in [1.54, 1.807) is 12.1 Å². The number of rotatable bonds is 12. The maximum atomic E-state index is 12.1. The fourth-order valence-corrected chi connectivity index (χ4v) is 2.87. The van der Waals surface area contributed by atoms with Crippen LogP contribution in [0.3, 0.4) is 0 Å². The van der Waals surface area contributed by atoms with Crippen LogP contribution in [-0.2, 0) is 9.47 Å². The number of hydrogen-bond acceptors (Lipinski definition) is 4. The van der Waals surface area contributed by atoms with E-state index in [0.717, 1.165) is 51.4 Å². The molecule has 0 aromatic heterocycles. The predicted molar refractivity (Wildman–Crippen MR) is 103 cm³/mol. The third-order valence-corrected chi connectivity index (χ3v) is 4.29. The summed E-state index contributed by atoms with van der Waals surface area (Å²) in [4.78, 5) is 24.3. The van der Waals surface area contributed by atoms with Crippen LogP contribution in [0.2, 0.25) is 0 Å². The number of halogens is 1. The quantitative estimate of drug-likeness (QED) is 0.315. The highest BCUT2D eigenvalue weighted by Gasteiger charge is 2.14. The molecule has 0 radical (unpaired) electrons. The van der Waals surface area contributed by atoms with Crippen LogP contribution in [0.25, 0.3) is 0 Å². The number of benzene rings is 1. The van der Waals surface area contributed by atoms with Gasteiger partial charge < -0.3 is 9.47 Å². The van der Waals surface area contributed by atoms with Crippen molar-refractivity contribution < 1.29 is 19.1 Å². The first-order valence-electron chi connectivity index (χ1n) is 9.23. The van der Waals surface area contributed by atoms with E-state index in [4.69, 9.17) is 9.47 Å². The normalized spacial score (nSPS) is 10.5. The molecule has 0 aliphatic carbocycles. The van der Waals surface area contributed by atoms with Gasteiger partial charge in [0.25, 0.3) is 0 Å². The van der Waals surface area contributed by atoms with Crippen molar-refractivity contribution in [1.82, 2.24) is 0 Å². The summed E-state index contributed by atoms with van der Waals surface area (Å²) in [5.74, 6) is -0.815. The molecule has 0 amide bonds. The van der Waals surface area contributed by atoms with Crippen LogP contribution in [0.5, 0.6) is 0 Å². The first-order chi connectivity index (χ1) is 12.1. The second-order valence-electron chi connectivity index (χ2n) is 6.12.